The summed E-state index contributed by atoms with van der Waals surface area (Å²) in [4.78, 5) is 14.0. The lowest BCUT2D eigenvalue weighted by molar-refractivity contribution is -0.171. The second-order valence-electron chi connectivity index (χ2n) is 11.4. The zero-order chi connectivity index (χ0) is 20.8. The summed E-state index contributed by atoms with van der Waals surface area (Å²) in [6, 6.07) is 11.2. The van der Waals surface area contributed by atoms with Crippen LogP contribution in [0.4, 0.5) is 0 Å². The molecule has 4 bridgehead atoms. The van der Waals surface area contributed by atoms with Crippen LogP contribution in [0.1, 0.15) is 70.8 Å². The highest BCUT2D eigenvalue weighted by molar-refractivity contribution is 5.86. The molecule has 5 fully saturated rings. The van der Waals surface area contributed by atoms with Gasteiger partial charge in [-0.15, -0.1) is 0 Å². The van der Waals surface area contributed by atoms with Crippen LogP contribution in [0.3, 0.4) is 0 Å². The van der Waals surface area contributed by atoms with Crippen molar-refractivity contribution < 1.29 is 9.53 Å². The Morgan fingerprint density at radius 1 is 1.13 bits per heavy atom. The molecule has 0 aromatic heterocycles. The minimum absolute atomic E-state index is 0.114. The van der Waals surface area contributed by atoms with Gasteiger partial charge in [-0.25, -0.2) is 0 Å². The topological polar surface area (TPSA) is 38.3 Å². The number of ketones is 1. The van der Waals surface area contributed by atoms with Crippen LogP contribution < -0.4 is 5.32 Å². The number of nitrogens with one attached hydrogen (secondary N) is 1. The van der Waals surface area contributed by atoms with E-state index in [1.165, 1.54) is 24.8 Å². The summed E-state index contributed by atoms with van der Waals surface area (Å²) in [5, 5.41) is 3.50. The number of piperidine rings is 1. The standard InChI is InChI=1S/C27H39NO2/c1-3-30-19-25-12-21-13-26(16-25,23-7-5-4-6-8-23)18-27(14-21,17-25)24(29)11-22-9-10-28-15-20(22)2/h4-8,20-22,28H,3,9-19H2,1-2H3/t20?,21?,22?,25-,26+,27?/m0/s1. The maximum Gasteiger partial charge on any atom is 0.139 e. The second kappa shape index (κ2) is 7.74. The van der Waals surface area contributed by atoms with Crippen LogP contribution in [0.15, 0.2) is 30.3 Å². The highest BCUT2D eigenvalue weighted by Crippen LogP contribution is 2.70. The van der Waals surface area contributed by atoms with Gasteiger partial charge in [0.2, 0.25) is 0 Å². The fourth-order valence-electron chi connectivity index (χ4n) is 8.37. The summed E-state index contributed by atoms with van der Waals surface area (Å²) in [5.74, 6) is 2.43. The third kappa shape index (κ3) is 3.46. The van der Waals surface area contributed by atoms with Crippen molar-refractivity contribution in [2.45, 2.75) is 70.6 Å². The molecule has 1 heterocycles. The number of carbonyl (C=O) groups excluding carboxylic acids is 1. The fourth-order valence-corrected chi connectivity index (χ4v) is 8.37. The zero-order valence-electron chi connectivity index (χ0n) is 18.9. The van der Waals surface area contributed by atoms with Crippen molar-refractivity contribution >= 4 is 5.78 Å². The van der Waals surface area contributed by atoms with Gasteiger partial charge in [-0.05, 0) is 99.1 Å². The third-order valence-corrected chi connectivity index (χ3v) is 9.18. The average molecular weight is 410 g/mol. The van der Waals surface area contributed by atoms with Crippen molar-refractivity contribution in [3.05, 3.63) is 35.9 Å². The second-order valence-corrected chi connectivity index (χ2v) is 11.4. The third-order valence-electron chi connectivity index (χ3n) is 9.18. The molecule has 3 nitrogen and oxygen atoms in total. The Morgan fingerprint density at radius 2 is 1.97 bits per heavy atom. The van der Waals surface area contributed by atoms with E-state index in [-0.39, 0.29) is 16.2 Å². The molecule has 1 saturated heterocycles. The minimum Gasteiger partial charge on any atom is -0.381 e. The van der Waals surface area contributed by atoms with Gasteiger partial charge in [0.25, 0.3) is 0 Å². The van der Waals surface area contributed by atoms with Crippen LogP contribution in [0.2, 0.25) is 0 Å². The molecule has 6 rings (SSSR count). The zero-order valence-corrected chi connectivity index (χ0v) is 18.9. The van der Waals surface area contributed by atoms with E-state index in [1.54, 1.807) is 0 Å². The smallest absolute Gasteiger partial charge is 0.139 e. The molecule has 164 valence electrons. The molecule has 0 amide bonds. The van der Waals surface area contributed by atoms with Gasteiger partial charge in [0.05, 0.1) is 6.61 Å². The first kappa shape index (κ1) is 20.7. The quantitative estimate of drug-likeness (QED) is 0.678. The van der Waals surface area contributed by atoms with Crippen LogP contribution in [-0.2, 0) is 14.9 Å². The summed E-state index contributed by atoms with van der Waals surface area (Å²) < 4.78 is 6.07. The number of Topliss-reactive ketones (excluding diaryl/α,β-unsaturated/α-hetero) is 1. The lowest BCUT2D eigenvalue weighted by Gasteiger charge is -2.66. The first-order valence-corrected chi connectivity index (χ1v) is 12.4. The lowest BCUT2D eigenvalue weighted by atomic mass is 9.37. The monoisotopic (exact) mass is 409 g/mol. The lowest BCUT2D eigenvalue weighted by Crippen LogP contribution is -2.62. The molecule has 1 aromatic carbocycles. The van der Waals surface area contributed by atoms with E-state index in [9.17, 15) is 4.79 Å². The van der Waals surface area contributed by atoms with Crippen LogP contribution in [0.5, 0.6) is 0 Å². The molecule has 4 unspecified atom stereocenters. The number of hydrogen-bond donors (Lipinski definition) is 1. The van der Waals surface area contributed by atoms with Crippen molar-refractivity contribution in [2.24, 2.45) is 28.6 Å². The number of benzene rings is 1. The van der Waals surface area contributed by atoms with Crippen molar-refractivity contribution in [3.8, 4) is 0 Å². The summed E-state index contributed by atoms with van der Waals surface area (Å²) in [6.07, 6.45) is 8.97. The molecule has 1 N–H and O–H groups in total. The molecule has 1 aromatic rings. The van der Waals surface area contributed by atoms with Crippen LogP contribution >= 0.6 is 0 Å². The molecule has 4 saturated carbocycles. The first-order valence-electron chi connectivity index (χ1n) is 12.4. The first-order chi connectivity index (χ1) is 14.5. The molecule has 0 radical (unpaired) electrons. The Bertz CT molecular complexity index is 778. The Morgan fingerprint density at radius 3 is 2.73 bits per heavy atom. The van der Waals surface area contributed by atoms with Gasteiger partial charge in [0.1, 0.15) is 5.78 Å². The average Bonchev–Trinajstić information content (AvgIpc) is 2.74. The molecular weight excluding hydrogens is 370 g/mol. The van der Waals surface area contributed by atoms with Crippen molar-refractivity contribution in [3.63, 3.8) is 0 Å². The summed E-state index contributed by atoms with van der Waals surface area (Å²) >= 11 is 0. The van der Waals surface area contributed by atoms with E-state index in [1.807, 2.05) is 0 Å². The van der Waals surface area contributed by atoms with Crippen molar-refractivity contribution in [1.82, 2.24) is 5.32 Å². The maximum atomic E-state index is 14.0. The number of hydrogen-bond acceptors (Lipinski definition) is 3. The molecule has 30 heavy (non-hydrogen) atoms. The number of carbonyl (C=O) groups is 1. The van der Waals surface area contributed by atoms with E-state index in [2.05, 4.69) is 49.5 Å². The molecule has 6 atom stereocenters. The number of ether oxygens (including phenoxy) is 1. The van der Waals surface area contributed by atoms with E-state index >= 15 is 0 Å². The van der Waals surface area contributed by atoms with Crippen molar-refractivity contribution in [1.29, 1.82) is 0 Å². The predicted molar refractivity (Wildman–Crippen MR) is 120 cm³/mol. The Labute approximate surface area is 182 Å². The Kier molecular flexibility index (Phi) is 5.34. The molecule has 3 heteroatoms. The largest absolute Gasteiger partial charge is 0.381 e. The van der Waals surface area contributed by atoms with E-state index in [0.29, 0.717) is 23.5 Å². The Hall–Kier alpha value is -1.19. The van der Waals surface area contributed by atoms with Crippen LogP contribution in [0.25, 0.3) is 0 Å². The van der Waals surface area contributed by atoms with Gasteiger partial charge in [0, 0.05) is 18.4 Å². The maximum absolute atomic E-state index is 14.0. The van der Waals surface area contributed by atoms with Gasteiger partial charge in [0.15, 0.2) is 0 Å². The van der Waals surface area contributed by atoms with E-state index in [4.69, 9.17) is 4.74 Å². The predicted octanol–water partition coefficient (Wildman–Crippen LogP) is 5.14. The molecular formula is C27H39NO2. The number of rotatable bonds is 7. The summed E-state index contributed by atoms with van der Waals surface area (Å²) in [7, 11) is 0. The minimum atomic E-state index is -0.114. The Balaban J connectivity index is 1.48. The van der Waals surface area contributed by atoms with Gasteiger partial charge in [-0.2, -0.15) is 0 Å². The molecule has 1 aliphatic heterocycles. The molecule has 4 aliphatic carbocycles. The van der Waals surface area contributed by atoms with Gasteiger partial charge < -0.3 is 10.1 Å². The van der Waals surface area contributed by atoms with Gasteiger partial charge in [-0.3, -0.25) is 4.79 Å². The van der Waals surface area contributed by atoms with Gasteiger partial charge in [-0.1, -0.05) is 37.3 Å². The highest BCUT2D eigenvalue weighted by Gasteiger charge is 2.65. The molecule has 0 spiro atoms. The highest BCUT2D eigenvalue weighted by atomic mass is 16.5. The van der Waals surface area contributed by atoms with Crippen molar-refractivity contribution in [2.75, 3.05) is 26.3 Å². The van der Waals surface area contributed by atoms with E-state index in [0.717, 1.165) is 58.4 Å². The van der Waals surface area contributed by atoms with E-state index < -0.39 is 0 Å². The molecule has 5 aliphatic rings. The van der Waals surface area contributed by atoms with Gasteiger partial charge >= 0.3 is 0 Å². The summed E-state index contributed by atoms with van der Waals surface area (Å²) in [6.45, 7) is 8.18. The normalized spacial score (nSPS) is 42.4. The van der Waals surface area contributed by atoms with Crippen LogP contribution in [-0.4, -0.2) is 32.1 Å². The fraction of sp³-hybridized carbons (Fsp3) is 0.741. The SMILES string of the molecule is CCOC[C@]12CC3CC(C(=O)CC4CCNCC4C)(C1)C[C@@](c1ccccc1)(C3)C2. The van der Waals surface area contributed by atoms with Crippen LogP contribution in [0, 0.1) is 28.6 Å². The summed E-state index contributed by atoms with van der Waals surface area (Å²) in [5.41, 5.74) is 1.73.